The number of hydrogen-bond acceptors (Lipinski definition) is 4. The number of carbonyl (C=O) groups is 2. The van der Waals surface area contributed by atoms with Crippen LogP contribution in [0, 0.1) is 5.82 Å². The van der Waals surface area contributed by atoms with Gasteiger partial charge in [-0.15, -0.1) is 8.78 Å². The first-order chi connectivity index (χ1) is 20.5. The van der Waals surface area contributed by atoms with Crippen LogP contribution in [0.15, 0.2) is 53.0 Å². The number of fused-ring (bicyclic) bond motifs is 1. The number of Topliss-reactive ketones (excluding diaryl/α,β-unsaturated/α-hetero) is 1. The molecule has 242 valence electrons. The third-order valence-corrected chi connectivity index (χ3v) is 6.84. The van der Waals surface area contributed by atoms with Crippen molar-refractivity contribution in [2.75, 3.05) is 5.32 Å². The van der Waals surface area contributed by atoms with E-state index in [2.05, 4.69) is 25.4 Å². The summed E-state index contributed by atoms with van der Waals surface area (Å²) in [6, 6.07) is 4.45. The maximum atomic E-state index is 15.3. The molecule has 5 nitrogen and oxygen atoms in total. The Hall–Kier alpha value is -4.03. The molecule has 0 atom stereocenters. The third-order valence-electron chi connectivity index (χ3n) is 6.21. The molecule has 0 bridgehead atoms. The molecule has 1 amide bonds. The van der Waals surface area contributed by atoms with Gasteiger partial charge in [0.1, 0.15) is 5.82 Å². The zero-order valence-corrected chi connectivity index (χ0v) is 22.8. The van der Waals surface area contributed by atoms with E-state index in [-0.39, 0.29) is 11.6 Å². The van der Waals surface area contributed by atoms with E-state index in [1.807, 2.05) is 0 Å². The van der Waals surface area contributed by atoms with Gasteiger partial charge in [0, 0.05) is 22.0 Å². The minimum atomic E-state index is -6.76. The zero-order valence-electron chi connectivity index (χ0n) is 21.3. The number of rotatable bonds is 6. The molecule has 19 heteroatoms. The smallest absolute Gasteiger partial charge is 0.395 e. The van der Waals surface area contributed by atoms with Crippen molar-refractivity contribution < 1.29 is 76.1 Å². The van der Waals surface area contributed by atoms with Gasteiger partial charge in [0.15, 0.2) is 17.3 Å². The fourth-order valence-corrected chi connectivity index (χ4v) is 4.67. The summed E-state index contributed by atoms with van der Waals surface area (Å²) in [6.45, 7) is 0. The molecule has 45 heavy (non-hydrogen) atoms. The molecular formula is C26H11BrF13NO4. The number of nitrogens with one attached hydrogen (secondary N) is 1. The van der Waals surface area contributed by atoms with Crippen LogP contribution in [0.5, 0.6) is 11.5 Å². The van der Waals surface area contributed by atoms with Crippen LogP contribution in [0.1, 0.15) is 37.4 Å². The summed E-state index contributed by atoms with van der Waals surface area (Å²) in [5.41, 5.74) is -14.4. The molecule has 0 fully saturated rings. The highest BCUT2D eigenvalue weighted by Crippen LogP contribution is 2.55. The van der Waals surface area contributed by atoms with Gasteiger partial charge in [-0.2, -0.15) is 39.5 Å². The summed E-state index contributed by atoms with van der Waals surface area (Å²) >= 11 is 2.32. The van der Waals surface area contributed by atoms with Crippen LogP contribution in [-0.2, 0) is 18.3 Å². The van der Waals surface area contributed by atoms with Crippen molar-refractivity contribution in [3.8, 4) is 11.5 Å². The number of amides is 1. The van der Waals surface area contributed by atoms with E-state index in [0.29, 0.717) is 0 Å². The van der Waals surface area contributed by atoms with Crippen LogP contribution < -0.4 is 14.8 Å². The second kappa shape index (κ2) is 11.1. The zero-order chi connectivity index (χ0) is 33.9. The van der Waals surface area contributed by atoms with Gasteiger partial charge < -0.3 is 14.8 Å². The van der Waals surface area contributed by atoms with Crippen molar-refractivity contribution in [2.45, 2.75) is 36.9 Å². The van der Waals surface area contributed by atoms with E-state index in [1.165, 1.54) is 5.32 Å². The number of carbonyl (C=O) groups excluding carboxylic acids is 2. The Morgan fingerprint density at radius 2 is 1.42 bits per heavy atom. The summed E-state index contributed by atoms with van der Waals surface area (Å²) in [5, 5.41) is 1.53. The molecule has 3 aromatic carbocycles. The van der Waals surface area contributed by atoms with Gasteiger partial charge in [0.25, 0.3) is 5.91 Å². The lowest BCUT2D eigenvalue weighted by molar-refractivity contribution is -0.348. The van der Waals surface area contributed by atoms with Crippen LogP contribution in [0.25, 0.3) is 0 Å². The van der Waals surface area contributed by atoms with Crippen molar-refractivity contribution >= 4 is 33.3 Å². The number of ether oxygens (including phenoxy) is 2. The van der Waals surface area contributed by atoms with Gasteiger partial charge in [-0.25, -0.2) is 8.78 Å². The molecule has 0 spiro atoms. The molecule has 0 radical (unpaired) electrons. The summed E-state index contributed by atoms with van der Waals surface area (Å²) in [5.74, 6) is -5.02. The third kappa shape index (κ3) is 6.39. The van der Waals surface area contributed by atoms with Crippen molar-refractivity contribution in [1.82, 2.24) is 0 Å². The maximum Gasteiger partial charge on any atom is 0.586 e. The van der Waals surface area contributed by atoms with Gasteiger partial charge in [0.2, 0.25) is 0 Å². The molecule has 4 rings (SSSR count). The first kappa shape index (κ1) is 33.9. The lowest BCUT2D eigenvalue weighted by Crippen LogP contribution is -2.50. The standard InChI is InChI=1S/C26H11BrF13NO4/c27-15-9-12(22(29,24(33,34)35)25(36,37)38)8-14(23(30,31)32)20(15)41-21(43)13-3-1-2-11(19(13)28)6-16(42)10-4-5-17-18(7-10)45-26(39,40)44-17/h1-5,7-9H,6H2,(H,41,43). The van der Waals surface area contributed by atoms with E-state index < -0.39 is 104 Å². The Labute approximate surface area is 250 Å². The molecule has 0 aromatic heterocycles. The molecule has 1 aliphatic rings. The van der Waals surface area contributed by atoms with Gasteiger partial charge in [0.05, 0.1) is 16.8 Å². The second-order valence-corrected chi connectivity index (χ2v) is 10.0. The van der Waals surface area contributed by atoms with Crippen LogP contribution in [0.2, 0.25) is 0 Å². The SMILES string of the molecule is O=C(Cc1cccc(C(=O)Nc2c(Br)cc(C(F)(C(F)(F)F)C(F)(F)F)cc2C(F)(F)F)c1F)c1ccc2c(c1)OC(F)(F)O2. The van der Waals surface area contributed by atoms with Crippen LogP contribution in [0.4, 0.5) is 62.8 Å². The van der Waals surface area contributed by atoms with Crippen molar-refractivity contribution in [2.24, 2.45) is 0 Å². The Kier molecular flexibility index (Phi) is 8.35. The number of halogens is 14. The summed E-state index contributed by atoms with van der Waals surface area (Å²) in [6.07, 6.45) is -24.1. The van der Waals surface area contributed by atoms with Crippen molar-refractivity contribution in [1.29, 1.82) is 0 Å². The number of hydrogen-bond donors (Lipinski definition) is 1. The van der Waals surface area contributed by atoms with E-state index in [1.54, 1.807) is 0 Å². The lowest BCUT2D eigenvalue weighted by atomic mass is 9.92. The Balaban J connectivity index is 1.67. The lowest BCUT2D eigenvalue weighted by Gasteiger charge is -2.31. The number of anilines is 1. The molecule has 1 aliphatic heterocycles. The molecule has 0 saturated carbocycles. The van der Waals surface area contributed by atoms with Crippen LogP contribution >= 0.6 is 15.9 Å². The summed E-state index contributed by atoms with van der Waals surface area (Å²) in [4.78, 5) is 25.5. The average molecular weight is 728 g/mol. The minimum absolute atomic E-state index is 0.273. The van der Waals surface area contributed by atoms with Crippen molar-refractivity contribution in [3.05, 3.63) is 86.6 Å². The highest BCUT2D eigenvalue weighted by Gasteiger charge is 2.73. The van der Waals surface area contributed by atoms with Gasteiger partial charge in [-0.1, -0.05) is 12.1 Å². The second-order valence-electron chi connectivity index (χ2n) is 9.19. The highest BCUT2D eigenvalue weighted by atomic mass is 79.9. The predicted molar refractivity (Wildman–Crippen MR) is 129 cm³/mol. The minimum Gasteiger partial charge on any atom is -0.395 e. The molecule has 1 heterocycles. The molecule has 3 aromatic rings. The molecule has 0 unspecified atom stereocenters. The van der Waals surface area contributed by atoms with E-state index in [9.17, 15) is 62.3 Å². The average Bonchev–Trinajstić information content (AvgIpc) is 3.21. The van der Waals surface area contributed by atoms with E-state index in [4.69, 9.17) is 0 Å². The first-order valence-corrected chi connectivity index (χ1v) is 12.5. The van der Waals surface area contributed by atoms with Gasteiger partial charge >= 0.3 is 30.5 Å². The number of alkyl halides is 12. The summed E-state index contributed by atoms with van der Waals surface area (Å²) < 4.78 is 184. The Morgan fingerprint density at radius 3 is 2.00 bits per heavy atom. The fourth-order valence-electron chi connectivity index (χ4n) is 4.11. The van der Waals surface area contributed by atoms with Gasteiger partial charge in [-0.3, -0.25) is 9.59 Å². The highest BCUT2D eigenvalue weighted by molar-refractivity contribution is 9.10. The summed E-state index contributed by atoms with van der Waals surface area (Å²) in [7, 11) is 0. The monoisotopic (exact) mass is 727 g/mol. The van der Waals surface area contributed by atoms with E-state index in [0.717, 1.165) is 36.4 Å². The Morgan fingerprint density at radius 1 is 0.822 bits per heavy atom. The quantitative estimate of drug-likeness (QED) is 0.204. The largest absolute Gasteiger partial charge is 0.586 e. The number of ketones is 1. The topological polar surface area (TPSA) is 64.6 Å². The first-order valence-electron chi connectivity index (χ1n) is 11.7. The predicted octanol–water partition coefficient (Wildman–Crippen LogP) is 8.90. The normalized spacial score (nSPS) is 14.8. The van der Waals surface area contributed by atoms with Gasteiger partial charge in [-0.05, 0) is 57.9 Å². The molecule has 0 saturated heterocycles. The van der Waals surface area contributed by atoms with Crippen LogP contribution in [-0.4, -0.2) is 30.3 Å². The van der Waals surface area contributed by atoms with Crippen LogP contribution in [0.3, 0.4) is 0 Å². The maximum absolute atomic E-state index is 15.3. The molecule has 1 N–H and O–H groups in total. The van der Waals surface area contributed by atoms with Crippen molar-refractivity contribution in [3.63, 3.8) is 0 Å². The molecular weight excluding hydrogens is 717 g/mol. The Bertz CT molecular complexity index is 1670. The fraction of sp³-hybridized carbons (Fsp3) is 0.231. The molecule has 0 aliphatic carbocycles. The number of benzene rings is 3. The van der Waals surface area contributed by atoms with E-state index >= 15 is 4.39 Å².